The number of carbonyl (C=O) groups excluding carboxylic acids is 4. The molecule has 0 spiro atoms. The van der Waals surface area contributed by atoms with Crippen LogP contribution in [0.2, 0.25) is 0 Å². The van der Waals surface area contributed by atoms with E-state index in [1.807, 2.05) is 0 Å². The third kappa shape index (κ3) is 68.4. The minimum Gasteiger partial charge on any atom is -0.462 e. The number of hydrogen-bond acceptors (Lipinski definition) is 15. The van der Waals surface area contributed by atoms with Crippen molar-refractivity contribution in [3.8, 4) is 0 Å². The van der Waals surface area contributed by atoms with Crippen molar-refractivity contribution < 1.29 is 80.2 Å². The molecule has 0 heterocycles. The van der Waals surface area contributed by atoms with E-state index in [0.717, 1.165) is 103 Å². The fraction of sp³-hybridized carbons (Fsp3) is 0.946. The predicted octanol–water partition coefficient (Wildman–Crippen LogP) is 21.8. The van der Waals surface area contributed by atoms with E-state index >= 15 is 0 Å². The van der Waals surface area contributed by atoms with Gasteiger partial charge in [0.2, 0.25) is 0 Å². The fourth-order valence-electron chi connectivity index (χ4n) is 11.4. The van der Waals surface area contributed by atoms with Gasteiger partial charge in [0.25, 0.3) is 0 Å². The van der Waals surface area contributed by atoms with Crippen LogP contribution in [0, 0.1) is 0 Å². The van der Waals surface area contributed by atoms with Crippen LogP contribution < -0.4 is 0 Å². The highest BCUT2D eigenvalue weighted by Crippen LogP contribution is 2.45. The Bertz CT molecular complexity index is 1770. The Hall–Kier alpha value is -1.94. The molecule has 0 rings (SSSR count). The van der Waals surface area contributed by atoms with Gasteiger partial charge in [-0.25, -0.2) is 9.13 Å². The fourth-order valence-corrected chi connectivity index (χ4v) is 13.0. The number of phosphoric ester groups is 2. The van der Waals surface area contributed by atoms with Crippen LogP contribution in [0.3, 0.4) is 0 Å². The van der Waals surface area contributed by atoms with Crippen molar-refractivity contribution in [1.29, 1.82) is 0 Å². The molecule has 5 atom stereocenters. The molecule has 17 nitrogen and oxygen atoms in total. The zero-order chi connectivity index (χ0) is 68.2. The van der Waals surface area contributed by atoms with Crippen molar-refractivity contribution >= 4 is 39.5 Å². The van der Waals surface area contributed by atoms with Crippen LogP contribution in [0.4, 0.5) is 0 Å². The maximum absolute atomic E-state index is 13.1. The van der Waals surface area contributed by atoms with Crippen LogP contribution in [0.15, 0.2) is 0 Å². The molecule has 2 unspecified atom stereocenters. The number of rotatable bonds is 75. The lowest BCUT2D eigenvalue weighted by molar-refractivity contribution is -0.161. The second-order valence-electron chi connectivity index (χ2n) is 26.7. The summed E-state index contributed by atoms with van der Waals surface area (Å²) in [4.78, 5) is 72.3. The van der Waals surface area contributed by atoms with E-state index in [1.54, 1.807) is 0 Å². The van der Waals surface area contributed by atoms with E-state index in [2.05, 4.69) is 27.7 Å². The van der Waals surface area contributed by atoms with Gasteiger partial charge in [-0.15, -0.1) is 0 Å². The number of phosphoric acid groups is 2. The van der Waals surface area contributed by atoms with Gasteiger partial charge in [-0.1, -0.05) is 342 Å². The molecule has 0 aromatic carbocycles. The lowest BCUT2D eigenvalue weighted by Gasteiger charge is -2.21. The standard InChI is InChI=1S/C74H144O17P2/c1-5-9-13-17-20-23-25-27-29-31-33-34-35-36-38-40-42-44-46-49-53-57-61-74(79)91-70(65-85-72(77)59-55-51-48-45-43-41-39-37-32-30-28-26-24-21-18-14-10-6-2)67-89-93(82,83)87-63-68(75)62-86-92(80,81)88-66-69(64-84-71(76)58-54-50-16-12-8-4)90-73(78)60-56-52-47-22-19-15-11-7-3/h68-70,75H,5-67H2,1-4H3,(H,80,81)(H,82,83)/t68-,69+,70+/m0/s1. The summed E-state index contributed by atoms with van der Waals surface area (Å²) in [5.74, 6) is -2.13. The summed E-state index contributed by atoms with van der Waals surface area (Å²) in [7, 11) is -9.89. The van der Waals surface area contributed by atoms with Crippen LogP contribution in [0.1, 0.15) is 394 Å². The highest BCUT2D eigenvalue weighted by molar-refractivity contribution is 7.47. The first-order chi connectivity index (χ1) is 45.2. The normalized spacial score (nSPS) is 13.9. The molecule has 0 bridgehead atoms. The van der Waals surface area contributed by atoms with Crippen molar-refractivity contribution in [2.75, 3.05) is 39.6 Å². The first-order valence-electron chi connectivity index (χ1n) is 38.8. The molecule has 0 saturated carbocycles. The van der Waals surface area contributed by atoms with Crippen LogP contribution >= 0.6 is 15.6 Å². The Morgan fingerprint density at radius 3 is 0.634 bits per heavy atom. The quantitative estimate of drug-likeness (QED) is 0.0222. The van der Waals surface area contributed by atoms with E-state index in [9.17, 15) is 43.2 Å². The van der Waals surface area contributed by atoms with Crippen molar-refractivity contribution in [3.05, 3.63) is 0 Å². The van der Waals surface area contributed by atoms with Gasteiger partial charge >= 0.3 is 39.5 Å². The summed E-state index contributed by atoms with van der Waals surface area (Å²) in [6, 6.07) is 0. The van der Waals surface area contributed by atoms with Crippen LogP contribution in [-0.2, 0) is 65.4 Å². The number of hydrogen-bond donors (Lipinski definition) is 3. The molecule has 0 fully saturated rings. The topological polar surface area (TPSA) is 237 Å². The number of esters is 4. The molecule has 0 aromatic heterocycles. The third-order valence-electron chi connectivity index (χ3n) is 17.4. The van der Waals surface area contributed by atoms with Gasteiger partial charge in [0, 0.05) is 25.7 Å². The predicted molar refractivity (Wildman–Crippen MR) is 377 cm³/mol. The zero-order valence-electron chi connectivity index (χ0n) is 60.2. The second kappa shape index (κ2) is 68.6. The zero-order valence-corrected chi connectivity index (χ0v) is 62.0. The monoisotopic (exact) mass is 1370 g/mol. The van der Waals surface area contributed by atoms with Crippen molar-refractivity contribution in [2.24, 2.45) is 0 Å². The Balaban J connectivity index is 5.07. The van der Waals surface area contributed by atoms with Gasteiger partial charge in [-0.05, 0) is 25.7 Å². The Labute approximate surface area is 568 Å². The lowest BCUT2D eigenvalue weighted by atomic mass is 10.0. The van der Waals surface area contributed by atoms with Crippen LogP contribution in [-0.4, -0.2) is 96.7 Å². The van der Waals surface area contributed by atoms with Crippen molar-refractivity contribution in [3.63, 3.8) is 0 Å². The van der Waals surface area contributed by atoms with E-state index < -0.39 is 97.5 Å². The second-order valence-corrected chi connectivity index (χ2v) is 29.6. The average Bonchev–Trinajstić information content (AvgIpc) is 1.85. The van der Waals surface area contributed by atoms with Gasteiger partial charge < -0.3 is 33.8 Å². The summed E-state index contributed by atoms with van der Waals surface area (Å²) in [5.41, 5.74) is 0. The van der Waals surface area contributed by atoms with E-state index in [-0.39, 0.29) is 25.7 Å². The molecule has 0 aromatic rings. The highest BCUT2D eigenvalue weighted by Gasteiger charge is 2.30. The minimum atomic E-state index is -4.95. The molecule has 552 valence electrons. The van der Waals surface area contributed by atoms with E-state index in [4.69, 9.17) is 37.0 Å². The summed E-state index contributed by atoms with van der Waals surface area (Å²) in [5, 5.41) is 10.6. The molecular weight excluding hydrogens is 1220 g/mol. The van der Waals surface area contributed by atoms with Gasteiger partial charge in [0.1, 0.15) is 19.3 Å². The molecule has 19 heteroatoms. The Kier molecular flexibility index (Phi) is 67.1. The minimum absolute atomic E-state index is 0.105. The third-order valence-corrected chi connectivity index (χ3v) is 19.3. The van der Waals surface area contributed by atoms with Gasteiger partial charge in [0.05, 0.1) is 26.4 Å². The number of carbonyl (C=O) groups is 4. The molecular formula is C74H144O17P2. The average molecular weight is 1370 g/mol. The summed E-state index contributed by atoms with van der Waals surface area (Å²) in [6.45, 7) is 4.84. The first kappa shape index (κ1) is 91.1. The molecule has 0 radical (unpaired) electrons. The summed E-state index contributed by atoms with van der Waals surface area (Å²) < 4.78 is 68.1. The number of aliphatic hydroxyl groups excluding tert-OH is 1. The summed E-state index contributed by atoms with van der Waals surface area (Å²) in [6.07, 6.45) is 59.1. The molecule has 0 amide bonds. The number of ether oxygens (including phenoxy) is 4. The van der Waals surface area contributed by atoms with Crippen LogP contribution in [0.25, 0.3) is 0 Å². The van der Waals surface area contributed by atoms with Gasteiger partial charge in [-0.3, -0.25) is 37.3 Å². The first-order valence-corrected chi connectivity index (χ1v) is 41.8. The maximum Gasteiger partial charge on any atom is 0.472 e. The largest absolute Gasteiger partial charge is 0.472 e. The Morgan fingerprint density at radius 1 is 0.258 bits per heavy atom. The summed E-state index contributed by atoms with van der Waals surface area (Å²) >= 11 is 0. The van der Waals surface area contributed by atoms with E-state index in [0.29, 0.717) is 25.7 Å². The molecule has 0 saturated heterocycles. The van der Waals surface area contributed by atoms with E-state index in [1.165, 1.54) is 212 Å². The number of aliphatic hydroxyl groups is 1. The smallest absolute Gasteiger partial charge is 0.462 e. The van der Waals surface area contributed by atoms with Crippen molar-refractivity contribution in [1.82, 2.24) is 0 Å². The highest BCUT2D eigenvalue weighted by atomic mass is 31.2. The van der Waals surface area contributed by atoms with Crippen LogP contribution in [0.5, 0.6) is 0 Å². The van der Waals surface area contributed by atoms with Crippen molar-refractivity contribution in [2.45, 2.75) is 412 Å². The molecule has 93 heavy (non-hydrogen) atoms. The number of unbranched alkanes of at least 4 members (excludes halogenated alkanes) is 49. The lowest BCUT2D eigenvalue weighted by Crippen LogP contribution is -2.30. The Morgan fingerprint density at radius 2 is 0.430 bits per heavy atom. The SMILES string of the molecule is CCCCCCCCCCCCCCCCCCCCCCCCC(=O)O[C@H](COC(=O)CCCCCCCCCCCCCCCCCCCC)COP(=O)(O)OC[C@@H](O)COP(=O)(O)OC[C@@H](COC(=O)CCCCCCC)OC(=O)CCCCCCCCCC. The van der Waals surface area contributed by atoms with Gasteiger partial charge in [-0.2, -0.15) is 0 Å². The molecule has 0 aliphatic heterocycles. The molecule has 0 aliphatic rings. The molecule has 0 aliphatic carbocycles. The van der Waals surface area contributed by atoms with Gasteiger partial charge in [0.15, 0.2) is 12.2 Å². The molecule has 3 N–H and O–H groups in total. The maximum atomic E-state index is 13.1.